The number of rotatable bonds is 7. The van der Waals surface area contributed by atoms with Gasteiger partial charge in [0, 0.05) is 25.8 Å². The van der Waals surface area contributed by atoms with Gasteiger partial charge in [0.05, 0.1) is 11.3 Å². The van der Waals surface area contributed by atoms with Crippen molar-refractivity contribution >= 4 is 23.5 Å². The molecule has 2 aliphatic heterocycles. The number of nitrogens with zero attached hydrogens (tertiary/aromatic N) is 4. The minimum Gasteiger partial charge on any atom is -0.452 e. The first-order valence-electron chi connectivity index (χ1n) is 10.6. The lowest BCUT2D eigenvalue weighted by Crippen LogP contribution is -2.69. The average molecular weight is 426 g/mol. The van der Waals surface area contributed by atoms with Gasteiger partial charge in [0.15, 0.2) is 12.4 Å². The fourth-order valence-electron chi connectivity index (χ4n) is 4.28. The Bertz CT molecular complexity index is 1020. The summed E-state index contributed by atoms with van der Waals surface area (Å²) in [7, 11) is 0. The highest BCUT2D eigenvalue weighted by Crippen LogP contribution is 2.45. The van der Waals surface area contributed by atoms with Crippen LogP contribution in [0.2, 0.25) is 0 Å². The van der Waals surface area contributed by atoms with E-state index in [4.69, 9.17) is 9.26 Å². The van der Waals surface area contributed by atoms with Crippen molar-refractivity contribution in [2.24, 2.45) is 5.92 Å². The number of esters is 1. The number of fused-ring (bicyclic) bond motifs is 3. The van der Waals surface area contributed by atoms with Crippen LogP contribution < -0.4 is 4.90 Å². The number of carbonyl (C=O) groups is 3. The third-order valence-corrected chi connectivity index (χ3v) is 5.56. The molecule has 4 rings (SSSR count). The molecular formula is C22H26N4O5. The molecule has 0 aliphatic carbocycles. The van der Waals surface area contributed by atoms with Crippen molar-refractivity contribution in [2.75, 3.05) is 11.4 Å². The fraction of sp³-hybridized carbons (Fsp3) is 0.500. The molecule has 1 unspecified atom stereocenters. The molecule has 31 heavy (non-hydrogen) atoms. The Balaban J connectivity index is 1.69. The summed E-state index contributed by atoms with van der Waals surface area (Å²) in [5.74, 6) is -0.348. The van der Waals surface area contributed by atoms with Gasteiger partial charge in [-0.1, -0.05) is 38.1 Å². The molecule has 164 valence electrons. The van der Waals surface area contributed by atoms with Gasteiger partial charge in [-0.2, -0.15) is 4.98 Å². The van der Waals surface area contributed by atoms with Crippen molar-refractivity contribution in [2.45, 2.75) is 58.7 Å². The molecule has 9 heteroatoms. The Morgan fingerprint density at radius 1 is 1.29 bits per heavy atom. The molecule has 2 amide bonds. The number of ether oxygens (including phenoxy) is 1. The Labute approximate surface area is 180 Å². The van der Waals surface area contributed by atoms with Crippen LogP contribution in [0.4, 0.5) is 5.69 Å². The van der Waals surface area contributed by atoms with Crippen molar-refractivity contribution in [1.82, 2.24) is 15.0 Å². The standard InChI is InChI=1S/C22H26N4O5/c1-4-7-17-23-18(31-24-17)13-30-21(29)22-11-10-19(27)26(22)16-9-6-5-8-15(16)20(28)25(22)12-14(2)3/h5-6,8-9,14H,4,7,10-13H2,1-3H3. The molecule has 2 aliphatic rings. The lowest BCUT2D eigenvalue weighted by Gasteiger charge is -2.48. The highest BCUT2D eigenvalue weighted by molar-refractivity contribution is 6.15. The van der Waals surface area contributed by atoms with Crippen LogP contribution in [0.3, 0.4) is 0 Å². The van der Waals surface area contributed by atoms with Crippen molar-refractivity contribution in [3.8, 4) is 0 Å². The maximum Gasteiger partial charge on any atom is 0.354 e. The van der Waals surface area contributed by atoms with Crippen LogP contribution in [0.1, 0.15) is 62.1 Å². The fourth-order valence-corrected chi connectivity index (χ4v) is 4.28. The summed E-state index contributed by atoms with van der Waals surface area (Å²) in [6, 6.07) is 6.87. The van der Waals surface area contributed by atoms with Crippen LogP contribution in [0.5, 0.6) is 0 Å². The van der Waals surface area contributed by atoms with Crippen LogP contribution in [-0.4, -0.2) is 45.0 Å². The third kappa shape index (κ3) is 3.47. The quantitative estimate of drug-likeness (QED) is 0.627. The normalized spacial score (nSPS) is 20.3. The highest BCUT2D eigenvalue weighted by Gasteiger charge is 2.62. The number of hydrogen-bond donors (Lipinski definition) is 0. The first-order valence-corrected chi connectivity index (χ1v) is 10.6. The monoisotopic (exact) mass is 426 g/mol. The minimum atomic E-state index is -1.51. The number of aryl methyl sites for hydroxylation is 1. The van der Waals surface area contributed by atoms with Gasteiger partial charge < -0.3 is 14.2 Å². The Hall–Kier alpha value is -3.23. The summed E-state index contributed by atoms with van der Waals surface area (Å²) in [4.78, 5) is 47.0. The van der Waals surface area contributed by atoms with Gasteiger partial charge in [-0.05, 0) is 24.5 Å². The number of para-hydroxylation sites is 1. The molecule has 3 heterocycles. The summed E-state index contributed by atoms with van der Waals surface area (Å²) in [5, 5.41) is 3.86. The number of benzene rings is 1. The van der Waals surface area contributed by atoms with E-state index >= 15 is 0 Å². The van der Waals surface area contributed by atoms with E-state index in [0.29, 0.717) is 30.0 Å². The van der Waals surface area contributed by atoms with Crippen molar-refractivity contribution in [3.63, 3.8) is 0 Å². The lowest BCUT2D eigenvalue weighted by molar-refractivity contribution is -0.159. The first kappa shape index (κ1) is 21.0. The van der Waals surface area contributed by atoms with E-state index < -0.39 is 11.6 Å². The zero-order valence-electron chi connectivity index (χ0n) is 18.0. The second kappa shape index (κ2) is 8.13. The molecule has 1 saturated heterocycles. The van der Waals surface area contributed by atoms with Gasteiger partial charge in [-0.25, -0.2) is 4.79 Å². The molecule has 1 aromatic heterocycles. The molecule has 2 aromatic rings. The van der Waals surface area contributed by atoms with E-state index in [0.717, 1.165) is 6.42 Å². The van der Waals surface area contributed by atoms with E-state index in [1.54, 1.807) is 24.3 Å². The predicted molar refractivity (Wildman–Crippen MR) is 110 cm³/mol. The summed E-state index contributed by atoms with van der Waals surface area (Å²) in [6.45, 7) is 6.02. The van der Waals surface area contributed by atoms with Crippen LogP contribution >= 0.6 is 0 Å². The molecule has 1 aromatic carbocycles. The van der Waals surface area contributed by atoms with E-state index in [2.05, 4.69) is 10.1 Å². The highest BCUT2D eigenvalue weighted by atomic mass is 16.6. The topological polar surface area (TPSA) is 106 Å². The van der Waals surface area contributed by atoms with Crippen LogP contribution in [0.25, 0.3) is 0 Å². The molecular weight excluding hydrogens is 400 g/mol. The SMILES string of the molecule is CCCc1noc(COC(=O)C23CCC(=O)N2c2ccccc2C(=O)N3CC(C)C)n1. The Morgan fingerprint density at radius 3 is 2.81 bits per heavy atom. The summed E-state index contributed by atoms with van der Waals surface area (Å²) >= 11 is 0. The van der Waals surface area contributed by atoms with Gasteiger partial charge in [0.1, 0.15) is 0 Å². The van der Waals surface area contributed by atoms with Gasteiger partial charge in [0.25, 0.3) is 11.8 Å². The lowest BCUT2D eigenvalue weighted by atomic mass is 9.95. The van der Waals surface area contributed by atoms with Gasteiger partial charge in [-0.3, -0.25) is 14.5 Å². The van der Waals surface area contributed by atoms with E-state index in [1.807, 2.05) is 20.8 Å². The largest absolute Gasteiger partial charge is 0.452 e. The van der Waals surface area contributed by atoms with Gasteiger partial charge >= 0.3 is 5.97 Å². The van der Waals surface area contributed by atoms with Crippen LogP contribution in [-0.2, 0) is 27.4 Å². The molecule has 0 saturated carbocycles. The molecule has 1 atom stereocenters. The zero-order chi connectivity index (χ0) is 22.2. The molecule has 0 spiro atoms. The molecule has 0 N–H and O–H groups in total. The molecule has 9 nitrogen and oxygen atoms in total. The summed E-state index contributed by atoms with van der Waals surface area (Å²) in [5.41, 5.74) is -0.670. The average Bonchev–Trinajstić information content (AvgIpc) is 3.34. The molecule has 0 bridgehead atoms. The van der Waals surface area contributed by atoms with Crippen LogP contribution in [0.15, 0.2) is 28.8 Å². The van der Waals surface area contributed by atoms with E-state index in [1.165, 1.54) is 9.80 Å². The second-order valence-corrected chi connectivity index (χ2v) is 8.30. The van der Waals surface area contributed by atoms with Crippen molar-refractivity contribution in [3.05, 3.63) is 41.5 Å². The second-order valence-electron chi connectivity index (χ2n) is 8.30. The first-order chi connectivity index (χ1) is 14.9. The summed E-state index contributed by atoms with van der Waals surface area (Å²) in [6.07, 6.45) is 1.84. The number of hydrogen-bond acceptors (Lipinski definition) is 7. The number of aromatic nitrogens is 2. The number of amides is 2. The third-order valence-electron chi connectivity index (χ3n) is 5.56. The van der Waals surface area contributed by atoms with Crippen LogP contribution in [0, 0.1) is 5.92 Å². The molecule has 1 fully saturated rings. The van der Waals surface area contributed by atoms with Crippen molar-refractivity contribution in [1.29, 1.82) is 0 Å². The van der Waals surface area contributed by atoms with Crippen molar-refractivity contribution < 1.29 is 23.6 Å². The minimum absolute atomic E-state index is 0.0870. The zero-order valence-corrected chi connectivity index (χ0v) is 18.0. The van der Waals surface area contributed by atoms with Gasteiger partial charge in [-0.15, -0.1) is 0 Å². The predicted octanol–water partition coefficient (Wildman–Crippen LogP) is 2.70. The van der Waals surface area contributed by atoms with Gasteiger partial charge in [0.2, 0.25) is 11.6 Å². The maximum atomic E-state index is 13.5. The maximum absolute atomic E-state index is 13.5. The van der Waals surface area contributed by atoms with E-state index in [-0.39, 0.29) is 43.1 Å². The number of anilines is 1. The van der Waals surface area contributed by atoms with E-state index in [9.17, 15) is 14.4 Å². The number of carbonyl (C=O) groups excluding carboxylic acids is 3. The molecule has 0 radical (unpaired) electrons. The summed E-state index contributed by atoms with van der Waals surface area (Å²) < 4.78 is 10.7. The Morgan fingerprint density at radius 2 is 2.06 bits per heavy atom. The Kier molecular flexibility index (Phi) is 5.51. The smallest absolute Gasteiger partial charge is 0.354 e.